The zero-order chi connectivity index (χ0) is 15.9. The predicted molar refractivity (Wildman–Crippen MR) is 97.5 cm³/mol. The summed E-state index contributed by atoms with van der Waals surface area (Å²) in [6, 6.07) is 16.5. The molecule has 0 heterocycles. The normalized spacial score (nSPS) is 13.0. The van der Waals surface area contributed by atoms with E-state index in [1.165, 1.54) is 5.56 Å². The number of rotatable bonds is 7. The van der Waals surface area contributed by atoms with E-state index in [9.17, 15) is 5.11 Å². The molecular weight excluding hydrogens is 310 g/mol. The van der Waals surface area contributed by atoms with E-state index in [4.69, 9.17) is 4.74 Å². The SMILES string of the molecule is Cc1ccc(C)c(OCC(O)CNC(C)c2ccccc2)c1.Cl. The molecule has 0 amide bonds. The van der Waals surface area contributed by atoms with Gasteiger partial charge in [-0.25, -0.2) is 0 Å². The van der Waals surface area contributed by atoms with Crippen molar-refractivity contribution in [2.24, 2.45) is 0 Å². The zero-order valence-corrected chi connectivity index (χ0v) is 14.8. The van der Waals surface area contributed by atoms with Crippen LogP contribution in [0.3, 0.4) is 0 Å². The third-order valence-electron chi connectivity index (χ3n) is 3.73. The van der Waals surface area contributed by atoms with Crippen LogP contribution >= 0.6 is 12.4 Å². The quantitative estimate of drug-likeness (QED) is 0.808. The van der Waals surface area contributed by atoms with Crippen LogP contribution in [0.2, 0.25) is 0 Å². The van der Waals surface area contributed by atoms with Crippen molar-refractivity contribution < 1.29 is 9.84 Å². The second-order valence-corrected chi connectivity index (χ2v) is 5.77. The molecule has 2 atom stereocenters. The van der Waals surface area contributed by atoms with Crippen LogP contribution in [0.5, 0.6) is 5.75 Å². The molecule has 0 aliphatic carbocycles. The highest BCUT2D eigenvalue weighted by Gasteiger charge is 2.10. The van der Waals surface area contributed by atoms with Crippen LogP contribution < -0.4 is 10.1 Å². The zero-order valence-electron chi connectivity index (χ0n) is 14.0. The number of hydrogen-bond donors (Lipinski definition) is 2. The fourth-order valence-electron chi connectivity index (χ4n) is 2.28. The summed E-state index contributed by atoms with van der Waals surface area (Å²) in [6.07, 6.45) is -0.536. The summed E-state index contributed by atoms with van der Waals surface area (Å²) in [7, 11) is 0. The molecule has 3 nitrogen and oxygen atoms in total. The van der Waals surface area contributed by atoms with Gasteiger partial charge in [-0.05, 0) is 43.5 Å². The molecular formula is C19H26ClNO2. The molecule has 23 heavy (non-hydrogen) atoms. The van der Waals surface area contributed by atoms with Crippen LogP contribution in [0, 0.1) is 13.8 Å². The molecule has 126 valence electrons. The summed E-state index contributed by atoms with van der Waals surface area (Å²) >= 11 is 0. The van der Waals surface area contributed by atoms with Gasteiger partial charge in [-0.15, -0.1) is 12.4 Å². The van der Waals surface area contributed by atoms with Crippen molar-refractivity contribution in [3.63, 3.8) is 0 Å². The molecule has 2 unspecified atom stereocenters. The van der Waals surface area contributed by atoms with Crippen molar-refractivity contribution in [2.75, 3.05) is 13.2 Å². The monoisotopic (exact) mass is 335 g/mol. The Labute approximate surface area is 145 Å². The minimum atomic E-state index is -0.536. The molecule has 0 radical (unpaired) electrons. The van der Waals surface area contributed by atoms with E-state index in [0.717, 1.165) is 16.9 Å². The molecule has 0 bridgehead atoms. The van der Waals surface area contributed by atoms with Crippen LogP contribution in [0.4, 0.5) is 0 Å². The number of aryl methyl sites for hydroxylation is 2. The van der Waals surface area contributed by atoms with Gasteiger partial charge in [0.05, 0.1) is 0 Å². The third kappa shape index (κ3) is 6.22. The average Bonchev–Trinajstić information content (AvgIpc) is 2.54. The first-order valence-corrected chi connectivity index (χ1v) is 7.72. The van der Waals surface area contributed by atoms with Gasteiger partial charge in [0.1, 0.15) is 18.5 Å². The second-order valence-electron chi connectivity index (χ2n) is 5.77. The number of aliphatic hydroxyl groups is 1. The molecule has 2 rings (SSSR count). The van der Waals surface area contributed by atoms with Crippen molar-refractivity contribution in [3.8, 4) is 5.75 Å². The van der Waals surface area contributed by atoms with Gasteiger partial charge < -0.3 is 15.2 Å². The Kier molecular flexibility index (Phi) is 8.10. The maximum absolute atomic E-state index is 10.1. The van der Waals surface area contributed by atoms with Crippen LogP contribution in [0.1, 0.15) is 29.7 Å². The van der Waals surface area contributed by atoms with Crippen molar-refractivity contribution in [1.82, 2.24) is 5.32 Å². The molecule has 0 aromatic heterocycles. The summed E-state index contributed by atoms with van der Waals surface area (Å²) < 4.78 is 5.73. The molecule has 2 N–H and O–H groups in total. The van der Waals surface area contributed by atoms with Gasteiger partial charge in [0.15, 0.2) is 0 Å². The molecule has 0 fully saturated rings. The molecule has 4 heteroatoms. The minimum Gasteiger partial charge on any atom is -0.491 e. The van der Waals surface area contributed by atoms with E-state index in [1.54, 1.807) is 0 Å². The largest absolute Gasteiger partial charge is 0.491 e. The smallest absolute Gasteiger partial charge is 0.122 e. The van der Waals surface area contributed by atoms with E-state index < -0.39 is 6.10 Å². The highest BCUT2D eigenvalue weighted by atomic mass is 35.5. The van der Waals surface area contributed by atoms with E-state index in [2.05, 4.69) is 30.4 Å². The fourth-order valence-corrected chi connectivity index (χ4v) is 2.28. The second kappa shape index (κ2) is 9.56. The van der Waals surface area contributed by atoms with Gasteiger partial charge in [0, 0.05) is 12.6 Å². The summed E-state index contributed by atoms with van der Waals surface area (Å²) in [5.41, 5.74) is 3.46. The summed E-state index contributed by atoms with van der Waals surface area (Å²) in [5.74, 6) is 0.843. The van der Waals surface area contributed by atoms with E-state index in [0.29, 0.717) is 13.2 Å². The van der Waals surface area contributed by atoms with Gasteiger partial charge in [-0.1, -0.05) is 42.5 Å². The highest BCUT2D eigenvalue weighted by Crippen LogP contribution is 2.19. The van der Waals surface area contributed by atoms with E-state index >= 15 is 0 Å². The molecule has 2 aromatic carbocycles. The number of benzene rings is 2. The minimum absolute atomic E-state index is 0. The van der Waals surface area contributed by atoms with Crippen LogP contribution in [0.15, 0.2) is 48.5 Å². The van der Waals surface area contributed by atoms with Crippen LogP contribution in [-0.2, 0) is 0 Å². The van der Waals surface area contributed by atoms with E-state index in [-0.39, 0.29) is 18.4 Å². The predicted octanol–water partition coefficient (Wildman–Crippen LogP) is 3.82. The molecule has 0 saturated heterocycles. The van der Waals surface area contributed by atoms with E-state index in [1.807, 2.05) is 44.2 Å². The highest BCUT2D eigenvalue weighted by molar-refractivity contribution is 5.85. The Morgan fingerprint density at radius 2 is 1.78 bits per heavy atom. The van der Waals surface area contributed by atoms with Gasteiger partial charge in [0.25, 0.3) is 0 Å². The topological polar surface area (TPSA) is 41.5 Å². The summed E-state index contributed by atoms with van der Waals surface area (Å²) in [5, 5.41) is 13.4. The molecule has 0 aliphatic heterocycles. The summed E-state index contributed by atoms with van der Waals surface area (Å²) in [6.45, 7) is 6.93. The van der Waals surface area contributed by atoms with Gasteiger partial charge >= 0.3 is 0 Å². The number of nitrogens with one attached hydrogen (secondary N) is 1. The van der Waals surface area contributed by atoms with Crippen molar-refractivity contribution in [2.45, 2.75) is 32.9 Å². The Balaban J connectivity index is 0.00000264. The lowest BCUT2D eigenvalue weighted by molar-refractivity contribution is 0.104. The first kappa shape index (κ1) is 19.5. The number of halogens is 1. The number of aliphatic hydroxyl groups excluding tert-OH is 1. The maximum Gasteiger partial charge on any atom is 0.122 e. The summed E-state index contributed by atoms with van der Waals surface area (Å²) in [4.78, 5) is 0. The molecule has 2 aromatic rings. The first-order chi connectivity index (χ1) is 10.6. The van der Waals surface area contributed by atoms with Crippen LogP contribution in [-0.4, -0.2) is 24.4 Å². The number of hydrogen-bond acceptors (Lipinski definition) is 3. The van der Waals surface area contributed by atoms with Crippen molar-refractivity contribution in [3.05, 3.63) is 65.2 Å². The average molecular weight is 336 g/mol. The Hall–Kier alpha value is -1.55. The van der Waals surface area contributed by atoms with Gasteiger partial charge in [0.2, 0.25) is 0 Å². The standard InChI is InChI=1S/C19H25NO2.ClH/c1-14-9-10-15(2)19(11-14)22-13-18(21)12-20-16(3)17-7-5-4-6-8-17;/h4-11,16,18,20-21H,12-13H2,1-3H3;1H. The third-order valence-corrected chi connectivity index (χ3v) is 3.73. The Morgan fingerprint density at radius 1 is 1.09 bits per heavy atom. The molecule has 0 spiro atoms. The maximum atomic E-state index is 10.1. The Bertz CT molecular complexity index is 589. The lowest BCUT2D eigenvalue weighted by Gasteiger charge is -2.18. The Morgan fingerprint density at radius 3 is 2.48 bits per heavy atom. The lowest BCUT2D eigenvalue weighted by Crippen LogP contribution is -2.33. The van der Waals surface area contributed by atoms with Crippen LogP contribution in [0.25, 0.3) is 0 Å². The fraction of sp³-hybridized carbons (Fsp3) is 0.368. The molecule has 0 saturated carbocycles. The first-order valence-electron chi connectivity index (χ1n) is 7.72. The number of ether oxygens (including phenoxy) is 1. The van der Waals surface area contributed by atoms with Crippen molar-refractivity contribution in [1.29, 1.82) is 0 Å². The van der Waals surface area contributed by atoms with Crippen molar-refractivity contribution >= 4 is 12.4 Å². The van der Waals surface area contributed by atoms with Gasteiger partial charge in [-0.2, -0.15) is 0 Å². The van der Waals surface area contributed by atoms with Gasteiger partial charge in [-0.3, -0.25) is 0 Å². The lowest BCUT2D eigenvalue weighted by atomic mass is 10.1. The molecule has 0 aliphatic rings.